The van der Waals surface area contributed by atoms with Gasteiger partial charge in [0.05, 0.1) is 17.7 Å². The van der Waals surface area contributed by atoms with E-state index >= 15 is 0 Å². The van der Waals surface area contributed by atoms with E-state index in [1.54, 1.807) is 30.3 Å². The first-order valence-corrected chi connectivity index (χ1v) is 12.7. The summed E-state index contributed by atoms with van der Waals surface area (Å²) in [5.74, 6) is 0.416. The van der Waals surface area contributed by atoms with Gasteiger partial charge in [0, 0.05) is 18.8 Å². The molecule has 1 unspecified atom stereocenters. The number of nitrogens with one attached hydrogen (secondary N) is 1. The molecule has 6 heteroatoms. The standard InChI is InChI=1S/C30H31FN4O/c31-27-10-8-22(9-11-27)16-23-12-14-34(15-13-23)21-29-18-25-5-1-2-6-26(25)20-35(29)30(36)33-28-7-3-4-24(17-28)19-32/h1-11,17,23,29H,12-16,18,20-21H2,(H,33,36). The Morgan fingerprint density at radius 2 is 1.75 bits per heavy atom. The van der Waals surface area contributed by atoms with E-state index in [2.05, 4.69) is 34.5 Å². The molecule has 0 bridgehead atoms. The first-order chi connectivity index (χ1) is 17.6. The zero-order chi connectivity index (χ0) is 24.9. The fourth-order valence-electron chi connectivity index (χ4n) is 5.48. The number of nitrogens with zero attached hydrogens (tertiary/aromatic N) is 3. The van der Waals surface area contributed by atoms with E-state index in [9.17, 15) is 14.4 Å². The van der Waals surface area contributed by atoms with Crippen molar-refractivity contribution in [2.24, 2.45) is 5.92 Å². The number of halogens is 1. The summed E-state index contributed by atoms with van der Waals surface area (Å²) in [6, 6.07) is 24.4. The molecular weight excluding hydrogens is 451 g/mol. The van der Waals surface area contributed by atoms with Crippen LogP contribution in [-0.4, -0.2) is 41.5 Å². The first kappa shape index (κ1) is 24.0. The minimum atomic E-state index is -0.186. The number of piperidine rings is 1. The van der Waals surface area contributed by atoms with Crippen molar-refractivity contribution >= 4 is 11.7 Å². The van der Waals surface area contributed by atoms with Crippen molar-refractivity contribution in [1.29, 1.82) is 5.26 Å². The van der Waals surface area contributed by atoms with Crippen molar-refractivity contribution in [2.45, 2.75) is 38.3 Å². The lowest BCUT2D eigenvalue weighted by molar-refractivity contribution is 0.116. The van der Waals surface area contributed by atoms with Gasteiger partial charge in [-0.25, -0.2) is 9.18 Å². The normalized spacial score (nSPS) is 18.3. The van der Waals surface area contributed by atoms with Gasteiger partial charge in [0.1, 0.15) is 5.82 Å². The Hall–Kier alpha value is -3.69. The third kappa shape index (κ3) is 5.75. The molecule has 0 saturated carbocycles. The van der Waals surface area contributed by atoms with Crippen molar-refractivity contribution in [2.75, 3.05) is 25.0 Å². The first-order valence-electron chi connectivity index (χ1n) is 12.7. The Bertz CT molecular complexity index is 1240. The molecule has 36 heavy (non-hydrogen) atoms. The Kier molecular flexibility index (Phi) is 7.29. The summed E-state index contributed by atoms with van der Waals surface area (Å²) < 4.78 is 13.2. The highest BCUT2D eigenvalue weighted by Crippen LogP contribution is 2.27. The number of amides is 2. The molecule has 1 saturated heterocycles. The summed E-state index contributed by atoms with van der Waals surface area (Å²) in [4.78, 5) is 17.8. The van der Waals surface area contributed by atoms with Crippen LogP contribution in [-0.2, 0) is 19.4 Å². The molecule has 1 N–H and O–H groups in total. The molecule has 2 aliphatic rings. The molecule has 1 atom stereocenters. The van der Waals surface area contributed by atoms with Crippen molar-refractivity contribution < 1.29 is 9.18 Å². The Morgan fingerprint density at radius 3 is 2.50 bits per heavy atom. The predicted octanol–water partition coefficient (Wildman–Crippen LogP) is 5.61. The number of fused-ring (bicyclic) bond motifs is 1. The lowest BCUT2D eigenvalue weighted by Gasteiger charge is -2.41. The van der Waals surface area contributed by atoms with Gasteiger partial charge in [0.15, 0.2) is 0 Å². The molecule has 2 heterocycles. The van der Waals surface area contributed by atoms with Crippen LogP contribution in [0.4, 0.5) is 14.9 Å². The van der Waals surface area contributed by atoms with Crippen molar-refractivity contribution in [3.05, 3.63) is 101 Å². The van der Waals surface area contributed by atoms with Crippen molar-refractivity contribution in [3.63, 3.8) is 0 Å². The maximum atomic E-state index is 13.4. The van der Waals surface area contributed by atoms with Crippen LogP contribution in [0.3, 0.4) is 0 Å². The summed E-state index contributed by atoms with van der Waals surface area (Å²) in [7, 11) is 0. The molecule has 3 aromatic carbocycles. The van der Waals surface area contributed by atoms with Gasteiger partial charge in [0.2, 0.25) is 0 Å². The molecule has 5 nitrogen and oxygen atoms in total. The minimum Gasteiger partial charge on any atom is -0.316 e. The predicted molar refractivity (Wildman–Crippen MR) is 139 cm³/mol. The summed E-state index contributed by atoms with van der Waals surface area (Å²) in [6.07, 6.45) is 4.03. The molecule has 184 valence electrons. The highest BCUT2D eigenvalue weighted by Gasteiger charge is 2.32. The number of hydrogen-bond donors (Lipinski definition) is 1. The highest BCUT2D eigenvalue weighted by atomic mass is 19.1. The average Bonchev–Trinajstić information content (AvgIpc) is 2.91. The van der Waals surface area contributed by atoms with Gasteiger partial charge in [-0.3, -0.25) is 0 Å². The monoisotopic (exact) mass is 482 g/mol. The number of likely N-dealkylation sites (tertiary alicyclic amines) is 1. The van der Waals surface area contributed by atoms with E-state index in [4.69, 9.17) is 0 Å². The molecule has 2 amide bonds. The topological polar surface area (TPSA) is 59.4 Å². The van der Waals surface area contributed by atoms with Gasteiger partial charge in [0.25, 0.3) is 0 Å². The number of hydrogen-bond acceptors (Lipinski definition) is 3. The third-order valence-corrected chi connectivity index (χ3v) is 7.47. The van der Waals surface area contributed by atoms with Crippen molar-refractivity contribution in [3.8, 4) is 6.07 Å². The van der Waals surface area contributed by atoms with Crippen LogP contribution in [0.25, 0.3) is 0 Å². The summed E-state index contributed by atoms with van der Waals surface area (Å²) in [5.41, 5.74) is 4.86. The molecule has 0 radical (unpaired) electrons. The number of carbonyl (C=O) groups excluding carboxylic acids is 1. The number of nitriles is 1. The van der Waals surface area contributed by atoms with Gasteiger partial charge in [-0.15, -0.1) is 0 Å². The summed E-state index contributed by atoms with van der Waals surface area (Å²) in [5, 5.41) is 12.2. The fraction of sp³-hybridized carbons (Fsp3) is 0.333. The molecule has 0 aliphatic carbocycles. The van der Waals surface area contributed by atoms with Crippen LogP contribution >= 0.6 is 0 Å². The second kappa shape index (κ2) is 10.9. The molecule has 0 aromatic heterocycles. The lowest BCUT2D eigenvalue weighted by Crippen LogP contribution is -2.52. The van der Waals surface area contributed by atoms with Crippen LogP contribution in [0.1, 0.15) is 35.1 Å². The smallest absolute Gasteiger partial charge is 0.316 e. The number of benzene rings is 3. The number of urea groups is 1. The third-order valence-electron chi connectivity index (χ3n) is 7.47. The maximum absolute atomic E-state index is 13.4. The van der Waals surface area contributed by atoms with E-state index < -0.39 is 0 Å². The van der Waals surface area contributed by atoms with E-state index in [0.717, 1.165) is 45.3 Å². The molecule has 0 spiro atoms. The van der Waals surface area contributed by atoms with E-state index in [0.29, 0.717) is 23.7 Å². The van der Waals surface area contributed by atoms with Gasteiger partial charge in [-0.1, -0.05) is 42.5 Å². The van der Waals surface area contributed by atoms with Crippen LogP contribution in [0, 0.1) is 23.1 Å². The van der Waals surface area contributed by atoms with Crippen LogP contribution in [0.2, 0.25) is 0 Å². The average molecular weight is 483 g/mol. The summed E-state index contributed by atoms with van der Waals surface area (Å²) >= 11 is 0. The van der Waals surface area contributed by atoms with Crippen LogP contribution in [0.5, 0.6) is 0 Å². The maximum Gasteiger partial charge on any atom is 0.322 e. The Morgan fingerprint density at radius 1 is 1.00 bits per heavy atom. The zero-order valence-corrected chi connectivity index (χ0v) is 20.4. The van der Waals surface area contributed by atoms with Gasteiger partial charge < -0.3 is 15.1 Å². The molecule has 5 rings (SSSR count). The zero-order valence-electron chi connectivity index (χ0n) is 20.4. The SMILES string of the molecule is N#Cc1cccc(NC(=O)N2Cc3ccccc3CC2CN2CCC(Cc3ccc(F)cc3)CC2)c1. The van der Waals surface area contributed by atoms with Crippen molar-refractivity contribution in [1.82, 2.24) is 9.80 Å². The fourth-order valence-corrected chi connectivity index (χ4v) is 5.48. The van der Waals surface area contributed by atoms with E-state index in [-0.39, 0.29) is 17.9 Å². The quantitative estimate of drug-likeness (QED) is 0.514. The van der Waals surface area contributed by atoms with Gasteiger partial charge in [-0.05, 0) is 91.7 Å². The highest BCUT2D eigenvalue weighted by molar-refractivity contribution is 5.90. The van der Waals surface area contributed by atoms with Crippen LogP contribution < -0.4 is 5.32 Å². The minimum absolute atomic E-state index is 0.0766. The Labute approximate surface area is 212 Å². The largest absolute Gasteiger partial charge is 0.322 e. The Balaban J connectivity index is 1.24. The lowest BCUT2D eigenvalue weighted by atomic mass is 9.89. The second-order valence-corrected chi connectivity index (χ2v) is 9.95. The molecular formula is C30H31FN4O. The summed E-state index contributed by atoms with van der Waals surface area (Å²) in [6.45, 7) is 3.42. The number of anilines is 1. The van der Waals surface area contributed by atoms with Gasteiger partial charge in [-0.2, -0.15) is 5.26 Å². The number of rotatable bonds is 5. The molecule has 3 aromatic rings. The van der Waals surface area contributed by atoms with E-state index in [1.165, 1.54) is 16.7 Å². The molecule has 1 fully saturated rings. The van der Waals surface area contributed by atoms with Crippen LogP contribution in [0.15, 0.2) is 72.8 Å². The second-order valence-electron chi connectivity index (χ2n) is 9.95. The molecule has 2 aliphatic heterocycles. The number of carbonyl (C=O) groups is 1. The van der Waals surface area contributed by atoms with Gasteiger partial charge >= 0.3 is 6.03 Å². The van der Waals surface area contributed by atoms with E-state index in [1.807, 2.05) is 29.2 Å².